The van der Waals surface area contributed by atoms with Gasteiger partial charge in [-0.25, -0.2) is 4.39 Å². The van der Waals surface area contributed by atoms with Gasteiger partial charge in [-0.05, 0) is 30.9 Å². The van der Waals surface area contributed by atoms with Gasteiger partial charge < -0.3 is 10.6 Å². The molecular formula is C13H18FN3O2. The second kappa shape index (κ2) is 5.52. The van der Waals surface area contributed by atoms with Crippen LogP contribution in [0, 0.1) is 21.3 Å². The van der Waals surface area contributed by atoms with Crippen molar-refractivity contribution in [3.05, 3.63) is 34.1 Å². The van der Waals surface area contributed by atoms with Crippen molar-refractivity contribution in [1.29, 1.82) is 0 Å². The minimum atomic E-state index is -0.582. The van der Waals surface area contributed by atoms with Crippen molar-refractivity contribution < 1.29 is 9.31 Å². The third kappa shape index (κ3) is 3.20. The Hall–Kier alpha value is -1.69. The summed E-state index contributed by atoms with van der Waals surface area (Å²) in [5, 5.41) is 17.1. The molecule has 0 saturated carbocycles. The molecule has 0 aromatic heterocycles. The fourth-order valence-corrected chi connectivity index (χ4v) is 2.41. The van der Waals surface area contributed by atoms with Gasteiger partial charge in [0.15, 0.2) is 5.82 Å². The van der Waals surface area contributed by atoms with Crippen molar-refractivity contribution in [2.45, 2.75) is 19.8 Å². The first-order valence-electron chi connectivity index (χ1n) is 6.39. The minimum absolute atomic E-state index is 0.00556. The van der Waals surface area contributed by atoms with E-state index in [1.54, 1.807) is 0 Å². The highest BCUT2D eigenvalue weighted by Gasteiger charge is 2.28. The Morgan fingerprint density at radius 2 is 2.37 bits per heavy atom. The summed E-state index contributed by atoms with van der Waals surface area (Å²) in [6, 6.07) is 3.90. The lowest BCUT2D eigenvalue weighted by Gasteiger charge is -2.34. The second-order valence-corrected chi connectivity index (χ2v) is 5.34. The predicted molar refractivity (Wildman–Crippen MR) is 71.8 cm³/mol. The van der Waals surface area contributed by atoms with Crippen LogP contribution in [0.15, 0.2) is 18.2 Å². The zero-order valence-electron chi connectivity index (χ0n) is 10.9. The molecule has 5 nitrogen and oxygen atoms in total. The first-order valence-corrected chi connectivity index (χ1v) is 6.39. The molecule has 0 bridgehead atoms. The molecular weight excluding hydrogens is 249 g/mol. The number of hydrogen-bond donors (Lipinski definition) is 2. The van der Waals surface area contributed by atoms with E-state index in [9.17, 15) is 14.5 Å². The lowest BCUT2D eigenvalue weighted by Crippen LogP contribution is -2.42. The third-order valence-corrected chi connectivity index (χ3v) is 3.57. The third-order valence-electron chi connectivity index (χ3n) is 3.57. The van der Waals surface area contributed by atoms with Gasteiger partial charge in [-0.2, -0.15) is 0 Å². The Morgan fingerprint density at radius 1 is 1.58 bits per heavy atom. The summed E-state index contributed by atoms with van der Waals surface area (Å²) in [5.41, 5.74) is -0.235. The van der Waals surface area contributed by atoms with Gasteiger partial charge in [-0.3, -0.25) is 10.1 Å². The number of rotatable bonds is 4. The van der Waals surface area contributed by atoms with Gasteiger partial charge in [0.25, 0.3) is 5.69 Å². The van der Waals surface area contributed by atoms with Gasteiger partial charge in [0, 0.05) is 19.2 Å². The maximum Gasteiger partial charge on any atom is 0.295 e. The molecule has 1 atom stereocenters. The fraction of sp³-hybridized carbons (Fsp3) is 0.538. The van der Waals surface area contributed by atoms with Crippen molar-refractivity contribution in [2.75, 3.05) is 25.0 Å². The Labute approximate surface area is 111 Å². The maximum atomic E-state index is 13.7. The zero-order chi connectivity index (χ0) is 13.9. The van der Waals surface area contributed by atoms with E-state index in [0.717, 1.165) is 25.9 Å². The van der Waals surface area contributed by atoms with E-state index in [1.807, 2.05) is 0 Å². The number of nitrogens with one attached hydrogen (secondary N) is 2. The predicted octanol–water partition coefficient (Wildman–Crippen LogP) is 2.54. The SMILES string of the molecule is CC1(CNc2c(F)cccc2[N+](=O)[O-])CCCNC1. The molecule has 0 amide bonds. The van der Waals surface area contributed by atoms with Crippen molar-refractivity contribution in [3.8, 4) is 0 Å². The Kier molecular flexibility index (Phi) is 3.99. The molecule has 19 heavy (non-hydrogen) atoms. The number of nitro benzene ring substituents is 1. The zero-order valence-corrected chi connectivity index (χ0v) is 10.9. The van der Waals surface area contributed by atoms with Crippen LogP contribution in [0.4, 0.5) is 15.8 Å². The molecule has 2 N–H and O–H groups in total. The van der Waals surface area contributed by atoms with Crippen molar-refractivity contribution >= 4 is 11.4 Å². The number of nitro groups is 1. The van der Waals surface area contributed by atoms with E-state index < -0.39 is 10.7 Å². The van der Waals surface area contributed by atoms with Gasteiger partial charge in [0.05, 0.1) is 4.92 Å². The maximum absolute atomic E-state index is 13.7. The van der Waals surface area contributed by atoms with Crippen LogP contribution in [0.1, 0.15) is 19.8 Å². The molecule has 104 valence electrons. The molecule has 1 aliphatic heterocycles. The standard InChI is InChI=1S/C13H18FN3O2/c1-13(6-3-7-15-8-13)9-16-12-10(14)4-2-5-11(12)17(18)19/h2,4-5,15-16H,3,6-9H2,1H3. The summed E-state index contributed by atoms with van der Waals surface area (Å²) in [6.07, 6.45) is 2.09. The highest BCUT2D eigenvalue weighted by atomic mass is 19.1. The number of hydrogen-bond acceptors (Lipinski definition) is 4. The van der Waals surface area contributed by atoms with Crippen molar-refractivity contribution in [1.82, 2.24) is 5.32 Å². The molecule has 0 radical (unpaired) electrons. The molecule has 0 spiro atoms. The van der Waals surface area contributed by atoms with E-state index >= 15 is 0 Å². The van der Waals surface area contributed by atoms with Crippen LogP contribution in [0.5, 0.6) is 0 Å². The van der Waals surface area contributed by atoms with Crippen LogP contribution in [-0.4, -0.2) is 24.6 Å². The van der Waals surface area contributed by atoms with Crippen LogP contribution in [0.3, 0.4) is 0 Å². The van der Waals surface area contributed by atoms with Crippen LogP contribution >= 0.6 is 0 Å². The van der Waals surface area contributed by atoms with Crippen LogP contribution in [0.25, 0.3) is 0 Å². The van der Waals surface area contributed by atoms with Crippen LogP contribution in [0.2, 0.25) is 0 Å². The van der Waals surface area contributed by atoms with Gasteiger partial charge in [-0.1, -0.05) is 13.0 Å². The molecule has 2 rings (SSSR count). The van der Waals surface area contributed by atoms with E-state index in [0.29, 0.717) is 6.54 Å². The molecule has 6 heteroatoms. The highest BCUT2D eigenvalue weighted by Crippen LogP contribution is 2.30. The summed E-state index contributed by atoms with van der Waals surface area (Å²) in [6.45, 7) is 4.44. The molecule has 1 fully saturated rings. The molecule has 1 aliphatic rings. The largest absolute Gasteiger partial charge is 0.376 e. The Morgan fingerprint density at radius 3 is 3.00 bits per heavy atom. The van der Waals surface area contributed by atoms with Gasteiger partial charge in [-0.15, -0.1) is 0 Å². The fourth-order valence-electron chi connectivity index (χ4n) is 2.41. The first-order chi connectivity index (χ1) is 9.02. The number of anilines is 1. The summed E-state index contributed by atoms with van der Waals surface area (Å²) in [7, 11) is 0. The van der Waals surface area contributed by atoms with Crippen molar-refractivity contribution in [3.63, 3.8) is 0 Å². The number of benzene rings is 1. The average molecular weight is 267 g/mol. The summed E-state index contributed by atoms with van der Waals surface area (Å²) in [5.74, 6) is -0.582. The number of piperidine rings is 1. The topological polar surface area (TPSA) is 67.2 Å². The lowest BCUT2D eigenvalue weighted by molar-refractivity contribution is -0.384. The van der Waals surface area contributed by atoms with E-state index in [1.165, 1.54) is 18.2 Å². The quantitative estimate of drug-likeness (QED) is 0.650. The smallest absolute Gasteiger partial charge is 0.295 e. The molecule has 1 aromatic rings. The van der Waals surface area contributed by atoms with Gasteiger partial charge >= 0.3 is 0 Å². The number of halogens is 1. The van der Waals surface area contributed by atoms with E-state index in [4.69, 9.17) is 0 Å². The summed E-state index contributed by atoms with van der Waals surface area (Å²) >= 11 is 0. The molecule has 0 aliphatic carbocycles. The highest BCUT2D eigenvalue weighted by molar-refractivity contribution is 5.62. The Bertz CT molecular complexity index is 473. The normalized spacial score (nSPS) is 23.1. The second-order valence-electron chi connectivity index (χ2n) is 5.34. The summed E-state index contributed by atoms with van der Waals surface area (Å²) < 4.78 is 13.7. The Balaban J connectivity index is 2.12. The van der Waals surface area contributed by atoms with Gasteiger partial charge in [0.2, 0.25) is 0 Å². The van der Waals surface area contributed by atoms with Crippen LogP contribution in [-0.2, 0) is 0 Å². The molecule has 1 aromatic carbocycles. The monoisotopic (exact) mass is 267 g/mol. The van der Waals surface area contributed by atoms with E-state index in [2.05, 4.69) is 17.6 Å². The van der Waals surface area contributed by atoms with Crippen molar-refractivity contribution in [2.24, 2.45) is 5.41 Å². The van der Waals surface area contributed by atoms with Gasteiger partial charge in [0.1, 0.15) is 5.69 Å². The number of nitrogens with zero attached hydrogens (tertiary/aromatic N) is 1. The minimum Gasteiger partial charge on any atom is -0.376 e. The summed E-state index contributed by atoms with van der Waals surface area (Å²) in [4.78, 5) is 10.3. The number of para-hydroxylation sites is 1. The van der Waals surface area contributed by atoms with Crippen LogP contribution < -0.4 is 10.6 Å². The average Bonchev–Trinajstić information content (AvgIpc) is 2.38. The lowest BCUT2D eigenvalue weighted by atomic mass is 9.83. The molecule has 1 unspecified atom stereocenters. The van der Waals surface area contributed by atoms with E-state index in [-0.39, 0.29) is 16.8 Å². The first kappa shape index (κ1) is 13.7. The molecule has 1 saturated heterocycles. The molecule has 1 heterocycles.